The van der Waals surface area contributed by atoms with Gasteiger partial charge in [0.25, 0.3) is 0 Å². The van der Waals surface area contributed by atoms with E-state index in [0.717, 1.165) is 12.0 Å². The van der Waals surface area contributed by atoms with Crippen molar-refractivity contribution in [1.82, 2.24) is 20.4 Å². The number of ether oxygens (including phenoxy) is 1. The van der Waals surface area contributed by atoms with Crippen LogP contribution in [0.5, 0.6) is 5.75 Å². The monoisotopic (exact) mass is 434 g/mol. The van der Waals surface area contributed by atoms with Crippen LogP contribution in [0.25, 0.3) is 11.3 Å². The van der Waals surface area contributed by atoms with E-state index in [1.807, 2.05) is 49.4 Å². The van der Waals surface area contributed by atoms with Gasteiger partial charge in [-0.1, -0.05) is 49.4 Å². The third-order valence-corrected chi connectivity index (χ3v) is 5.26. The summed E-state index contributed by atoms with van der Waals surface area (Å²) >= 11 is 0. The number of urea groups is 1. The van der Waals surface area contributed by atoms with Crippen LogP contribution in [-0.4, -0.2) is 34.9 Å². The standard InChI is InChI=1S/C23H26N6O3/c1-3-16-13-21(30)27-22(24-16)29-20(14-18(28-29)15-9-5-4-6-10-15)26-23(31)25-17-11-7-8-12-19(17)32-2/h4-12,14,16,22,24H,3,13H2,1-2H3,(H,27,30)(H2,25,26,31). The largest absolute Gasteiger partial charge is 0.495 e. The zero-order valence-electron chi connectivity index (χ0n) is 18.0. The van der Waals surface area contributed by atoms with Gasteiger partial charge in [-0.2, -0.15) is 5.10 Å². The number of aromatic nitrogens is 2. The first-order valence-corrected chi connectivity index (χ1v) is 10.5. The van der Waals surface area contributed by atoms with Crippen LogP contribution < -0.4 is 26.0 Å². The van der Waals surface area contributed by atoms with Crippen LogP contribution in [0.3, 0.4) is 0 Å². The van der Waals surface area contributed by atoms with Crippen LogP contribution in [-0.2, 0) is 4.79 Å². The molecule has 4 N–H and O–H groups in total. The van der Waals surface area contributed by atoms with E-state index in [4.69, 9.17) is 4.74 Å². The van der Waals surface area contributed by atoms with Gasteiger partial charge in [0.1, 0.15) is 11.6 Å². The fourth-order valence-electron chi connectivity index (χ4n) is 3.61. The van der Waals surface area contributed by atoms with Crippen molar-refractivity contribution in [3.63, 3.8) is 0 Å². The van der Waals surface area contributed by atoms with Crippen LogP contribution in [0.1, 0.15) is 26.1 Å². The number of carbonyl (C=O) groups is 2. The van der Waals surface area contributed by atoms with E-state index in [2.05, 4.69) is 26.4 Å². The van der Waals surface area contributed by atoms with Crippen LogP contribution >= 0.6 is 0 Å². The average molecular weight is 435 g/mol. The number of rotatable bonds is 6. The van der Waals surface area contributed by atoms with E-state index >= 15 is 0 Å². The van der Waals surface area contributed by atoms with Gasteiger partial charge < -0.3 is 15.4 Å². The number of para-hydroxylation sites is 2. The van der Waals surface area contributed by atoms with Gasteiger partial charge in [0.2, 0.25) is 5.91 Å². The Hall–Kier alpha value is -3.85. The van der Waals surface area contributed by atoms with Gasteiger partial charge in [-0.15, -0.1) is 0 Å². The van der Waals surface area contributed by atoms with Gasteiger partial charge in [-0.25, -0.2) is 9.48 Å². The molecule has 1 saturated heterocycles. The zero-order valence-corrected chi connectivity index (χ0v) is 18.0. The van der Waals surface area contributed by atoms with Crippen molar-refractivity contribution < 1.29 is 14.3 Å². The number of amides is 3. The Morgan fingerprint density at radius 3 is 2.66 bits per heavy atom. The Bertz CT molecular complexity index is 1100. The second-order valence-electron chi connectivity index (χ2n) is 7.45. The molecule has 1 aliphatic heterocycles. The predicted octanol–water partition coefficient (Wildman–Crippen LogP) is 3.55. The lowest BCUT2D eigenvalue weighted by Crippen LogP contribution is -2.53. The molecule has 1 aromatic heterocycles. The van der Waals surface area contributed by atoms with Gasteiger partial charge >= 0.3 is 6.03 Å². The summed E-state index contributed by atoms with van der Waals surface area (Å²) in [6.07, 6.45) is 0.616. The molecule has 1 aliphatic rings. The first kappa shape index (κ1) is 21.4. The van der Waals surface area contributed by atoms with Crippen LogP contribution in [0.15, 0.2) is 60.7 Å². The molecule has 1 fully saturated rings. The number of carbonyl (C=O) groups excluding carboxylic acids is 2. The van der Waals surface area contributed by atoms with Crippen molar-refractivity contribution in [2.45, 2.75) is 32.1 Å². The molecule has 9 nitrogen and oxygen atoms in total. The Labute approximate surface area is 186 Å². The van der Waals surface area contributed by atoms with Crippen molar-refractivity contribution in [2.75, 3.05) is 17.7 Å². The molecular formula is C23H26N6O3. The maximum Gasteiger partial charge on any atom is 0.324 e. The predicted molar refractivity (Wildman–Crippen MR) is 122 cm³/mol. The molecule has 2 unspecified atom stereocenters. The summed E-state index contributed by atoms with van der Waals surface area (Å²) in [5.41, 5.74) is 2.11. The highest BCUT2D eigenvalue weighted by Crippen LogP contribution is 2.26. The second kappa shape index (κ2) is 9.52. The number of methoxy groups -OCH3 is 1. The molecule has 9 heteroatoms. The maximum atomic E-state index is 12.8. The molecule has 0 saturated carbocycles. The number of anilines is 2. The number of nitrogens with one attached hydrogen (secondary N) is 4. The summed E-state index contributed by atoms with van der Waals surface area (Å²) in [5, 5.41) is 16.6. The second-order valence-corrected chi connectivity index (χ2v) is 7.45. The Morgan fingerprint density at radius 1 is 1.16 bits per heavy atom. The Balaban J connectivity index is 1.63. The minimum atomic E-state index is -0.583. The summed E-state index contributed by atoms with van der Waals surface area (Å²) in [6.45, 7) is 2.02. The van der Waals surface area contributed by atoms with E-state index < -0.39 is 12.3 Å². The molecule has 2 aromatic carbocycles. The summed E-state index contributed by atoms with van der Waals surface area (Å²) in [5.74, 6) is 0.917. The maximum absolute atomic E-state index is 12.8. The zero-order chi connectivity index (χ0) is 22.5. The van der Waals surface area contributed by atoms with E-state index in [1.165, 1.54) is 0 Å². The molecule has 2 heterocycles. The molecule has 4 rings (SSSR count). The molecule has 3 amide bonds. The van der Waals surface area contributed by atoms with Crippen molar-refractivity contribution in [2.24, 2.45) is 0 Å². The third kappa shape index (κ3) is 4.73. The quantitative estimate of drug-likeness (QED) is 0.474. The molecule has 0 aliphatic carbocycles. The lowest BCUT2D eigenvalue weighted by atomic mass is 10.1. The lowest BCUT2D eigenvalue weighted by Gasteiger charge is -2.31. The summed E-state index contributed by atoms with van der Waals surface area (Å²) in [4.78, 5) is 25.0. The molecule has 166 valence electrons. The van der Waals surface area contributed by atoms with Gasteiger partial charge in [-0.3, -0.25) is 15.4 Å². The normalized spacial score (nSPS) is 18.0. The van der Waals surface area contributed by atoms with Crippen molar-refractivity contribution in [3.05, 3.63) is 60.7 Å². The fourth-order valence-corrected chi connectivity index (χ4v) is 3.61. The lowest BCUT2D eigenvalue weighted by molar-refractivity contribution is -0.125. The molecule has 3 aromatic rings. The van der Waals surface area contributed by atoms with Gasteiger partial charge in [-0.05, 0) is 18.6 Å². The fraction of sp³-hybridized carbons (Fsp3) is 0.261. The van der Waals surface area contributed by atoms with E-state index in [1.54, 1.807) is 30.0 Å². The minimum Gasteiger partial charge on any atom is -0.495 e. The highest BCUT2D eigenvalue weighted by atomic mass is 16.5. The van der Waals surface area contributed by atoms with Crippen LogP contribution in [0.2, 0.25) is 0 Å². The smallest absolute Gasteiger partial charge is 0.324 e. The first-order valence-electron chi connectivity index (χ1n) is 10.5. The highest BCUT2D eigenvalue weighted by Gasteiger charge is 2.28. The Kier molecular flexibility index (Phi) is 6.37. The topological polar surface area (TPSA) is 109 Å². The third-order valence-electron chi connectivity index (χ3n) is 5.26. The molecular weight excluding hydrogens is 408 g/mol. The molecule has 0 radical (unpaired) electrons. The van der Waals surface area contributed by atoms with Crippen molar-refractivity contribution in [3.8, 4) is 17.0 Å². The first-order chi connectivity index (χ1) is 15.6. The van der Waals surface area contributed by atoms with Crippen LogP contribution in [0.4, 0.5) is 16.3 Å². The van der Waals surface area contributed by atoms with Crippen LogP contribution in [0, 0.1) is 0 Å². The number of benzene rings is 2. The Morgan fingerprint density at radius 2 is 1.91 bits per heavy atom. The van der Waals surface area contributed by atoms with E-state index in [0.29, 0.717) is 29.4 Å². The highest BCUT2D eigenvalue weighted by molar-refractivity contribution is 6.00. The molecule has 0 spiro atoms. The van der Waals surface area contributed by atoms with Gasteiger partial charge in [0.05, 0.1) is 18.5 Å². The summed E-state index contributed by atoms with van der Waals surface area (Å²) in [6, 6.07) is 18.1. The minimum absolute atomic E-state index is 0.0216. The van der Waals surface area contributed by atoms with Crippen molar-refractivity contribution >= 4 is 23.4 Å². The number of hydrogen-bond acceptors (Lipinski definition) is 5. The van der Waals surface area contributed by atoms with Crippen molar-refractivity contribution in [1.29, 1.82) is 0 Å². The van der Waals surface area contributed by atoms with Gasteiger partial charge in [0.15, 0.2) is 6.29 Å². The van der Waals surface area contributed by atoms with E-state index in [9.17, 15) is 9.59 Å². The van der Waals surface area contributed by atoms with E-state index in [-0.39, 0.29) is 11.9 Å². The number of nitrogens with zero attached hydrogens (tertiary/aromatic N) is 2. The molecule has 0 bridgehead atoms. The number of hydrogen-bond donors (Lipinski definition) is 4. The summed E-state index contributed by atoms with van der Waals surface area (Å²) < 4.78 is 6.88. The average Bonchev–Trinajstić information content (AvgIpc) is 3.23. The summed E-state index contributed by atoms with van der Waals surface area (Å²) in [7, 11) is 1.54. The van der Waals surface area contributed by atoms with Gasteiger partial charge in [0, 0.05) is 24.1 Å². The SMILES string of the molecule is CCC1CC(=O)NC(n2nc(-c3ccccc3)cc2NC(=O)Nc2ccccc2OC)N1. The molecule has 2 atom stereocenters. The molecule has 32 heavy (non-hydrogen) atoms.